The smallest absolute Gasteiger partial charge is 0.282 e. The molecule has 0 saturated carbocycles. The number of nitrogens with one attached hydrogen (secondary N) is 1. The Labute approximate surface area is 138 Å². The second kappa shape index (κ2) is 7.51. The fourth-order valence-corrected chi connectivity index (χ4v) is 2.56. The van der Waals surface area contributed by atoms with Crippen LogP contribution in [0.4, 0.5) is 10.1 Å². The summed E-state index contributed by atoms with van der Waals surface area (Å²) in [5, 5.41) is 4.59. The lowest BCUT2D eigenvalue weighted by Gasteiger charge is -2.17. The van der Waals surface area contributed by atoms with Crippen LogP contribution in [0.25, 0.3) is 0 Å². The highest BCUT2D eigenvalue weighted by Gasteiger charge is 2.21. The lowest BCUT2D eigenvalue weighted by molar-refractivity contribution is -0.709. The maximum absolute atomic E-state index is 13.7. The molecular formula is C17H19BrFN2O+. The van der Waals surface area contributed by atoms with Crippen molar-refractivity contribution < 1.29 is 14.5 Å². The molecule has 2 rings (SSSR count). The van der Waals surface area contributed by atoms with Crippen molar-refractivity contribution in [1.29, 1.82) is 0 Å². The summed E-state index contributed by atoms with van der Waals surface area (Å²) < 4.78 is 14.4. The van der Waals surface area contributed by atoms with Crippen molar-refractivity contribution in [3.05, 3.63) is 64.4 Å². The van der Waals surface area contributed by atoms with Crippen LogP contribution in [0.1, 0.15) is 25.5 Å². The van der Waals surface area contributed by atoms with Crippen LogP contribution in [0.5, 0.6) is 0 Å². The molecule has 0 aliphatic rings. The number of rotatable bonds is 5. The molecule has 2 atom stereocenters. The molecule has 0 aliphatic heterocycles. The highest BCUT2D eigenvalue weighted by Crippen LogP contribution is 2.19. The number of halogens is 2. The van der Waals surface area contributed by atoms with Gasteiger partial charge in [-0.2, -0.15) is 0 Å². The number of benzene rings is 2. The Balaban J connectivity index is 1.97. The molecule has 2 aromatic carbocycles. The molecule has 116 valence electrons. The third kappa shape index (κ3) is 4.39. The molecule has 0 bridgehead atoms. The van der Waals surface area contributed by atoms with Crippen molar-refractivity contribution in [2.45, 2.75) is 25.9 Å². The van der Waals surface area contributed by atoms with Crippen LogP contribution in [-0.4, -0.2) is 11.9 Å². The summed E-state index contributed by atoms with van der Waals surface area (Å²) >= 11 is 3.19. The van der Waals surface area contributed by atoms with Crippen LogP contribution in [0.2, 0.25) is 0 Å². The summed E-state index contributed by atoms with van der Waals surface area (Å²) in [6, 6.07) is 14.4. The number of amides is 1. The fraction of sp³-hybridized carbons (Fsp3) is 0.235. The molecule has 0 spiro atoms. The van der Waals surface area contributed by atoms with E-state index in [1.54, 1.807) is 12.1 Å². The van der Waals surface area contributed by atoms with Crippen molar-refractivity contribution in [3.8, 4) is 0 Å². The van der Waals surface area contributed by atoms with Crippen molar-refractivity contribution >= 4 is 27.5 Å². The highest BCUT2D eigenvalue weighted by molar-refractivity contribution is 9.10. The fourth-order valence-electron chi connectivity index (χ4n) is 2.23. The van der Waals surface area contributed by atoms with E-state index in [1.165, 1.54) is 6.07 Å². The third-order valence-electron chi connectivity index (χ3n) is 3.51. The van der Waals surface area contributed by atoms with E-state index in [0.29, 0.717) is 4.47 Å². The molecule has 3 N–H and O–H groups in total. The van der Waals surface area contributed by atoms with Crippen LogP contribution >= 0.6 is 15.9 Å². The Kier molecular flexibility index (Phi) is 5.69. The Morgan fingerprint density at radius 3 is 2.50 bits per heavy atom. The second-order valence-electron chi connectivity index (χ2n) is 5.29. The Morgan fingerprint density at radius 2 is 1.86 bits per heavy atom. The first-order valence-corrected chi connectivity index (χ1v) is 7.92. The number of anilines is 1. The minimum Gasteiger partial charge on any atom is -0.330 e. The summed E-state index contributed by atoms with van der Waals surface area (Å²) in [5.74, 6) is -0.671. The van der Waals surface area contributed by atoms with Crippen molar-refractivity contribution in [3.63, 3.8) is 0 Å². The minimum atomic E-state index is -0.453. The zero-order valence-corrected chi connectivity index (χ0v) is 14.1. The topological polar surface area (TPSA) is 45.7 Å². The number of hydrogen-bond donors (Lipinski definition) is 2. The first-order chi connectivity index (χ1) is 10.5. The third-order valence-corrected chi connectivity index (χ3v) is 4.00. The Hall–Kier alpha value is -1.72. The number of quaternary nitrogens is 1. The largest absolute Gasteiger partial charge is 0.330 e. The molecule has 3 nitrogen and oxygen atoms in total. The molecule has 22 heavy (non-hydrogen) atoms. The molecule has 0 aliphatic carbocycles. The monoisotopic (exact) mass is 365 g/mol. The Morgan fingerprint density at radius 1 is 1.18 bits per heavy atom. The average molecular weight is 366 g/mol. The normalized spacial score (nSPS) is 13.5. The van der Waals surface area contributed by atoms with E-state index in [0.717, 1.165) is 5.56 Å². The van der Waals surface area contributed by atoms with Gasteiger partial charge in [-0.3, -0.25) is 4.79 Å². The summed E-state index contributed by atoms with van der Waals surface area (Å²) in [6.07, 6.45) is 0. The van der Waals surface area contributed by atoms with E-state index in [1.807, 2.05) is 49.5 Å². The average Bonchev–Trinajstić information content (AvgIpc) is 2.50. The van der Waals surface area contributed by atoms with E-state index in [-0.39, 0.29) is 23.7 Å². The molecule has 0 fully saturated rings. The van der Waals surface area contributed by atoms with E-state index in [4.69, 9.17) is 0 Å². The summed E-state index contributed by atoms with van der Waals surface area (Å²) in [7, 11) is 0. The van der Waals surface area contributed by atoms with Crippen molar-refractivity contribution in [1.82, 2.24) is 0 Å². The molecule has 0 unspecified atom stereocenters. The van der Waals surface area contributed by atoms with Gasteiger partial charge in [0.05, 0.1) is 5.69 Å². The van der Waals surface area contributed by atoms with Gasteiger partial charge < -0.3 is 10.6 Å². The molecule has 2 aromatic rings. The first kappa shape index (κ1) is 16.6. The highest BCUT2D eigenvalue weighted by atomic mass is 79.9. The van der Waals surface area contributed by atoms with Gasteiger partial charge in [0.15, 0.2) is 6.04 Å². The number of carbonyl (C=O) groups is 1. The molecular weight excluding hydrogens is 347 g/mol. The van der Waals surface area contributed by atoms with Crippen molar-refractivity contribution in [2.24, 2.45) is 0 Å². The molecule has 0 aromatic heterocycles. The van der Waals surface area contributed by atoms with Crippen LogP contribution in [0.15, 0.2) is 53.0 Å². The van der Waals surface area contributed by atoms with Gasteiger partial charge in [0.25, 0.3) is 5.91 Å². The maximum atomic E-state index is 13.7. The number of carbonyl (C=O) groups excluding carboxylic acids is 1. The zero-order valence-electron chi connectivity index (χ0n) is 12.5. The minimum absolute atomic E-state index is 0.150. The van der Waals surface area contributed by atoms with Gasteiger partial charge in [0.2, 0.25) is 0 Å². The molecule has 5 heteroatoms. The van der Waals surface area contributed by atoms with E-state index in [2.05, 4.69) is 21.2 Å². The molecule has 0 heterocycles. The van der Waals surface area contributed by atoms with Gasteiger partial charge in [0.1, 0.15) is 11.9 Å². The summed E-state index contributed by atoms with van der Waals surface area (Å²) in [4.78, 5) is 12.2. The van der Waals surface area contributed by atoms with Gasteiger partial charge in [-0.05, 0) is 32.0 Å². The molecule has 1 amide bonds. The summed E-state index contributed by atoms with van der Waals surface area (Å²) in [5.41, 5.74) is 1.35. The van der Waals surface area contributed by atoms with Crippen molar-refractivity contribution in [2.75, 3.05) is 5.32 Å². The van der Waals surface area contributed by atoms with E-state index >= 15 is 0 Å². The number of nitrogens with two attached hydrogens (primary N) is 1. The van der Waals surface area contributed by atoms with Gasteiger partial charge in [-0.1, -0.05) is 46.3 Å². The lowest BCUT2D eigenvalue weighted by atomic mass is 10.1. The van der Waals surface area contributed by atoms with Crippen LogP contribution in [0.3, 0.4) is 0 Å². The predicted octanol–water partition coefficient (Wildman–Crippen LogP) is 3.24. The second-order valence-corrected chi connectivity index (χ2v) is 6.21. The lowest BCUT2D eigenvalue weighted by Crippen LogP contribution is -2.91. The van der Waals surface area contributed by atoms with Crippen LogP contribution in [-0.2, 0) is 4.79 Å². The van der Waals surface area contributed by atoms with E-state index in [9.17, 15) is 9.18 Å². The SMILES string of the molecule is C[C@@H]([NH2+][C@H](C)c1ccccc1)C(=O)Nc1ccc(Br)cc1F. The van der Waals surface area contributed by atoms with Gasteiger partial charge >= 0.3 is 0 Å². The molecule has 0 saturated heterocycles. The van der Waals surface area contributed by atoms with Gasteiger partial charge in [0, 0.05) is 10.0 Å². The standard InChI is InChI=1S/C17H18BrFN2O/c1-11(13-6-4-3-5-7-13)20-12(2)17(22)21-16-9-8-14(18)10-15(16)19/h3-12,20H,1-2H3,(H,21,22)/p+1/t11-,12-/m1/s1. The Bertz CT molecular complexity index is 648. The number of hydrogen-bond acceptors (Lipinski definition) is 1. The zero-order chi connectivity index (χ0) is 16.1. The van der Waals surface area contributed by atoms with Crippen LogP contribution < -0.4 is 10.6 Å². The van der Waals surface area contributed by atoms with E-state index < -0.39 is 5.82 Å². The summed E-state index contributed by atoms with van der Waals surface area (Å²) in [6.45, 7) is 3.85. The molecule has 0 radical (unpaired) electrons. The first-order valence-electron chi connectivity index (χ1n) is 7.13. The quantitative estimate of drug-likeness (QED) is 0.839. The van der Waals surface area contributed by atoms with Gasteiger partial charge in [-0.25, -0.2) is 4.39 Å². The predicted molar refractivity (Wildman–Crippen MR) is 89.0 cm³/mol. The maximum Gasteiger partial charge on any atom is 0.282 e. The van der Waals surface area contributed by atoms with Crippen LogP contribution in [0, 0.1) is 5.82 Å². The van der Waals surface area contributed by atoms with Gasteiger partial charge in [-0.15, -0.1) is 0 Å².